The Morgan fingerprint density at radius 3 is 2.24 bits per heavy atom. The van der Waals surface area contributed by atoms with Crippen molar-refractivity contribution in [3.63, 3.8) is 0 Å². The SMILES string of the molecule is NCCCCCC(=O)N[C@@H](CC(=O)O)C(=O)O. The van der Waals surface area contributed by atoms with Gasteiger partial charge in [0, 0.05) is 6.42 Å². The topological polar surface area (TPSA) is 130 Å². The summed E-state index contributed by atoms with van der Waals surface area (Å²) < 4.78 is 0. The Bertz CT molecular complexity index is 280. The number of rotatable bonds is 9. The Labute approximate surface area is 99.0 Å². The van der Waals surface area contributed by atoms with Crippen molar-refractivity contribution in [3.8, 4) is 0 Å². The van der Waals surface area contributed by atoms with E-state index in [1.54, 1.807) is 0 Å². The van der Waals surface area contributed by atoms with E-state index >= 15 is 0 Å². The normalized spacial score (nSPS) is 11.8. The third-order valence-electron chi connectivity index (χ3n) is 2.12. The first-order chi connectivity index (χ1) is 7.97. The van der Waals surface area contributed by atoms with E-state index in [0.29, 0.717) is 13.0 Å². The number of hydrogen-bond donors (Lipinski definition) is 4. The van der Waals surface area contributed by atoms with Crippen LogP contribution in [0.2, 0.25) is 0 Å². The highest BCUT2D eigenvalue weighted by molar-refractivity contribution is 5.86. The standard InChI is InChI=1S/C10H18N2O5/c11-5-3-1-2-4-8(13)12-7(10(16)17)6-9(14)15/h7H,1-6,11H2,(H,12,13)(H,14,15)(H,16,17)/t7-/m0/s1. The van der Waals surface area contributed by atoms with Crippen molar-refractivity contribution < 1.29 is 24.6 Å². The maximum absolute atomic E-state index is 11.3. The van der Waals surface area contributed by atoms with Gasteiger partial charge in [0.1, 0.15) is 6.04 Å². The van der Waals surface area contributed by atoms with Crippen molar-refractivity contribution in [2.45, 2.75) is 38.1 Å². The molecule has 0 saturated carbocycles. The number of aliphatic carboxylic acids is 2. The van der Waals surface area contributed by atoms with E-state index in [1.165, 1.54) is 0 Å². The van der Waals surface area contributed by atoms with Crippen molar-refractivity contribution in [2.24, 2.45) is 5.73 Å². The van der Waals surface area contributed by atoms with E-state index in [2.05, 4.69) is 5.32 Å². The van der Waals surface area contributed by atoms with Crippen molar-refractivity contribution in [1.82, 2.24) is 5.32 Å². The molecular formula is C10H18N2O5. The summed E-state index contributed by atoms with van der Waals surface area (Å²) in [7, 11) is 0. The predicted molar refractivity (Wildman–Crippen MR) is 59.3 cm³/mol. The second-order valence-corrected chi connectivity index (χ2v) is 3.66. The number of nitrogens with one attached hydrogen (secondary N) is 1. The lowest BCUT2D eigenvalue weighted by molar-refractivity contribution is -0.147. The van der Waals surface area contributed by atoms with Gasteiger partial charge in [0.15, 0.2) is 0 Å². The molecule has 7 nitrogen and oxygen atoms in total. The Morgan fingerprint density at radius 1 is 1.12 bits per heavy atom. The third kappa shape index (κ3) is 8.21. The molecule has 0 fully saturated rings. The maximum atomic E-state index is 11.3. The quantitative estimate of drug-likeness (QED) is 0.408. The van der Waals surface area contributed by atoms with Crippen LogP contribution in [0.4, 0.5) is 0 Å². The van der Waals surface area contributed by atoms with Gasteiger partial charge in [0.05, 0.1) is 6.42 Å². The van der Waals surface area contributed by atoms with Gasteiger partial charge in [-0.3, -0.25) is 9.59 Å². The lowest BCUT2D eigenvalue weighted by atomic mass is 10.1. The predicted octanol–water partition coefficient (Wildman–Crippen LogP) is -0.450. The number of amides is 1. The van der Waals surface area contributed by atoms with E-state index in [-0.39, 0.29) is 6.42 Å². The van der Waals surface area contributed by atoms with E-state index in [9.17, 15) is 14.4 Å². The number of carbonyl (C=O) groups is 3. The molecule has 5 N–H and O–H groups in total. The molecular weight excluding hydrogens is 228 g/mol. The molecule has 0 aliphatic heterocycles. The minimum absolute atomic E-state index is 0.184. The second-order valence-electron chi connectivity index (χ2n) is 3.66. The number of nitrogens with two attached hydrogens (primary N) is 1. The Hall–Kier alpha value is -1.63. The summed E-state index contributed by atoms with van der Waals surface area (Å²) >= 11 is 0. The molecule has 0 aromatic rings. The Balaban J connectivity index is 3.96. The van der Waals surface area contributed by atoms with Crippen LogP contribution in [0.3, 0.4) is 0 Å². The van der Waals surface area contributed by atoms with Gasteiger partial charge in [-0.15, -0.1) is 0 Å². The first kappa shape index (κ1) is 15.4. The Morgan fingerprint density at radius 2 is 1.76 bits per heavy atom. The van der Waals surface area contributed by atoms with Crippen LogP contribution in [-0.4, -0.2) is 40.6 Å². The molecule has 0 spiro atoms. The van der Waals surface area contributed by atoms with Gasteiger partial charge in [-0.2, -0.15) is 0 Å². The molecule has 1 amide bonds. The summed E-state index contributed by atoms with van der Waals surface area (Å²) in [6.07, 6.45) is 1.78. The first-order valence-corrected chi connectivity index (χ1v) is 5.41. The van der Waals surface area contributed by atoms with E-state index in [4.69, 9.17) is 15.9 Å². The number of carbonyl (C=O) groups excluding carboxylic acids is 1. The highest BCUT2D eigenvalue weighted by atomic mass is 16.4. The van der Waals surface area contributed by atoms with E-state index < -0.39 is 30.3 Å². The summed E-state index contributed by atoms with van der Waals surface area (Å²) in [4.78, 5) is 32.3. The second kappa shape index (κ2) is 8.51. The first-order valence-electron chi connectivity index (χ1n) is 5.41. The van der Waals surface area contributed by atoms with Gasteiger partial charge in [0.2, 0.25) is 5.91 Å². The van der Waals surface area contributed by atoms with Crippen LogP contribution in [0.1, 0.15) is 32.1 Å². The van der Waals surface area contributed by atoms with Gasteiger partial charge in [0.25, 0.3) is 0 Å². The summed E-state index contributed by atoms with van der Waals surface area (Å²) in [6.45, 7) is 0.554. The van der Waals surface area contributed by atoms with Crippen LogP contribution in [0.15, 0.2) is 0 Å². The van der Waals surface area contributed by atoms with Crippen LogP contribution >= 0.6 is 0 Å². The number of unbranched alkanes of at least 4 members (excludes halogenated alkanes) is 2. The number of carboxylic acids is 2. The molecule has 0 heterocycles. The molecule has 0 aliphatic carbocycles. The fraction of sp³-hybridized carbons (Fsp3) is 0.700. The van der Waals surface area contributed by atoms with Gasteiger partial charge in [-0.25, -0.2) is 4.79 Å². The minimum atomic E-state index is -1.37. The van der Waals surface area contributed by atoms with Gasteiger partial charge < -0.3 is 21.3 Å². The van der Waals surface area contributed by atoms with Crippen molar-refractivity contribution in [1.29, 1.82) is 0 Å². The lowest BCUT2D eigenvalue weighted by Gasteiger charge is -2.12. The van der Waals surface area contributed by atoms with Crippen LogP contribution in [-0.2, 0) is 14.4 Å². The minimum Gasteiger partial charge on any atom is -0.481 e. The third-order valence-corrected chi connectivity index (χ3v) is 2.12. The zero-order chi connectivity index (χ0) is 13.3. The molecule has 0 unspecified atom stereocenters. The molecule has 0 saturated heterocycles. The molecule has 0 aliphatic rings. The molecule has 0 bridgehead atoms. The zero-order valence-electron chi connectivity index (χ0n) is 9.52. The monoisotopic (exact) mass is 246 g/mol. The average Bonchev–Trinajstić information content (AvgIpc) is 2.22. The summed E-state index contributed by atoms with van der Waals surface area (Å²) in [6, 6.07) is -1.37. The molecule has 1 atom stereocenters. The van der Waals surface area contributed by atoms with Crippen molar-refractivity contribution >= 4 is 17.8 Å². The van der Waals surface area contributed by atoms with Crippen LogP contribution < -0.4 is 11.1 Å². The summed E-state index contributed by atoms with van der Waals surface area (Å²) in [5.41, 5.74) is 5.28. The molecule has 7 heteroatoms. The average molecular weight is 246 g/mol. The van der Waals surface area contributed by atoms with E-state index in [0.717, 1.165) is 12.8 Å². The van der Waals surface area contributed by atoms with Crippen molar-refractivity contribution in [3.05, 3.63) is 0 Å². The highest BCUT2D eigenvalue weighted by Gasteiger charge is 2.22. The van der Waals surface area contributed by atoms with Crippen molar-refractivity contribution in [2.75, 3.05) is 6.54 Å². The molecule has 0 rings (SSSR count). The maximum Gasteiger partial charge on any atom is 0.326 e. The number of hydrogen-bond acceptors (Lipinski definition) is 4. The smallest absolute Gasteiger partial charge is 0.326 e. The Kier molecular flexibility index (Phi) is 7.70. The largest absolute Gasteiger partial charge is 0.481 e. The van der Waals surface area contributed by atoms with E-state index in [1.807, 2.05) is 0 Å². The number of carboxylic acid groups (broad SMARTS) is 2. The molecule has 0 aromatic heterocycles. The van der Waals surface area contributed by atoms with Gasteiger partial charge in [-0.1, -0.05) is 6.42 Å². The van der Waals surface area contributed by atoms with Gasteiger partial charge in [-0.05, 0) is 19.4 Å². The zero-order valence-corrected chi connectivity index (χ0v) is 9.52. The van der Waals surface area contributed by atoms with Crippen LogP contribution in [0.5, 0.6) is 0 Å². The summed E-state index contributed by atoms with van der Waals surface area (Å²) in [5, 5.41) is 19.3. The fourth-order valence-corrected chi connectivity index (χ4v) is 1.25. The van der Waals surface area contributed by atoms with Gasteiger partial charge >= 0.3 is 11.9 Å². The molecule has 98 valence electrons. The summed E-state index contributed by atoms with van der Waals surface area (Å²) in [5.74, 6) is -3.06. The fourth-order valence-electron chi connectivity index (χ4n) is 1.25. The van der Waals surface area contributed by atoms with Crippen LogP contribution in [0.25, 0.3) is 0 Å². The highest BCUT2D eigenvalue weighted by Crippen LogP contribution is 2.00. The molecule has 0 aromatic carbocycles. The molecule has 17 heavy (non-hydrogen) atoms. The molecule has 0 radical (unpaired) electrons. The van der Waals surface area contributed by atoms with Crippen LogP contribution in [0, 0.1) is 0 Å². The lowest BCUT2D eigenvalue weighted by Crippen LogP contribution is -2.42.